The number of nitrogens with zero attached hydrogens (tertiary/aromatic N) is 1. The molecule has 0 aromatic heterocycles. The van der Waals surface area contributed by atoms with E-state index in [4.69, 9.17) is 4.74 Å². The van der Waals surface area contributed by atoms with Gasteiger partial charge in [0.2, 0.25) is 0 Å². The van der Waals surface area contributed by atoms with Crippen LogP contribution in [0.5, 0.6) is 0 Å². The van der Waals surface area contributed by atoms with Crippen LogP contribution in [0.1, 0.15) is 6.92 Å². The summed E-state index contributed by atoms with van der Waals surface area (Å²) in [6, 6.07) is 0.482. The quantitative estimate of drug-likeness (QED) is 0.447. The zero-order valence-electron chi connectivity index (χ0n) is 9.05. The number of hydrogen-bond acceptors (Lipinski definition) is 3. The molecule has 0 spiro atoms. The zero-order chi connectivity index (χ0) is 10.1. The lowest BCUT2D eigenvalue weighted by Gasteiger charge is -2.23. The van der Waals surface area contributed by atoms with Crippen LogP contribution in [0.3, 0.4) is 0 Å². The van der Waals surface area contributed by atoms with Crippen LogP contribution in [0.25, 0.3) is 0 Å². The van der Waals surface area contributed by atoms with E-state index in [1.165, 1.54) is 0 Å². The lowest BCUT2D eigenvalue weighted by atomic mass is 10.3. The fourth-order valence-corrected chi connectivity index (χ4v) is 1.05. The maximum absolute atomic E-state index is 5.07. The molecule has 0 aromatic rings. The SMILES string of the molecule is C=CCNCCN(C)C(C)COC. The van der Waals surface area contributed by atoms with Crippen LogP contribution in [0.4, 0.5) is 0 Å². The molecule has 0 fully saturated rings. The van der Waals surface area contributed by atoms with Gasteiger partial charge in [-0.3, -0.25) is 0 Å². The van der Waals surface area contributed by atoms with Gasteiger partial charge in [0.05, 0.1) is 6.61 Å². The van der Waals surface area contributed by atoms with Crippen molar-refractivity contribution in [3.8, 4) is 0 Å². The molecule has 13 heavy (non-hydrogen) atoms. The molecule has 1 unspecified atom stereocenters. The molecule has 0 saturated carbocycles. The molecule has 3 nitrogen and oxygen atoms in total. The summed E-state index contributed by atoms with van der Waals surface area (Å²) in [4.78, 5) is 2.28. The summed E-state index contributed by atoms with van der Waals surface area (Å²) < 4.78 is 5.07. The average molecular weight is 186 g/mol. The molecule has 78 valence electrons. The minimum atomic E-state index is 0.482. The van der Waals surface area contributed by atoms with E-state index in [2.05, 4.69) is 30.8 Å². The first-order valence-corrected chi connectivity index (χ1v) is 4.73. The van der Waals surface area contributed by atoms with Gasteiger partial charge in [0.25, 0.3) is 0 Å². The van der Waals surface area contributed by atoms with Crippen molar-refractivity contribution in [1.29, 1.82) is 0 Å². The summed E-state index contributed by atoms with van der Waals surface area (Å²) >= 11 is 0. The number of likely N-dealkylation sites (N-methyl/N-ethyl adjacent to an activating group) is 1. The molecular weight excluding hydrogens is 164 g/mol. The fourth-order valence-electron chi connectivity index (χ4n) is 1.05. The molecule has 0 rings (SSSR count). The molecular formula is C10H22N2O. The van der Waals surface area contributed by atoms with Gasteiger partial charge in [-0.2, -0.15) is 0 Å². The Bertz CT molecular complexity index is 128. The molecule has 0 saturated heterocycles. The van der Waals surface area contributed by atoms with E-state index in [9.17, 15) is 0 Å². The molecule has 0 aromatic carbocycles. The highest BCUT2D eigenvalue weighted by atomic mass is 16.5. The lowest BCUT2D eigenvalue weighted by Crippen LogP contribution is -2.37. The molecule has 1 N–H and O–H groups in total. The normalized spacial score (nSPS) is 13.2. The van der Waals surface area contributed by atoms with Crippen LogP contribution in [0, 0.1) is 0 Å². The van der Waals surface area contributed by atoms with E-state index in [0.29, 0.717) is 6.04 Å². The van der Waals surface area contributed by atoms with Gasteiger partial charge in [0, 0.05) is 32.8 Å². The molecule has 0 radical (unpaired) electrons. The molecule has 0 aliphatic carbocycles. The van der Waals surface area contributed by atoms with Gasteiger partial charge in [-0.15, -0.1) is 6.58 Å². The maximum Gasteiger partial charge on any atom is 0.0615 e. The maximum atomic E-state index is 5.07. The summed E-state index contributed by atoms with van der Waals surface area (Å²) in [5.74, 6) is 0. The van der Waals surface area contributed by atoms with Gasteiger partial charge < -0.3 is 15.0 Å². The van der Waals surface area contributed by atoms with E-state index in [1.54, 1.807) is 7.11 Å². The summed E-state index contributed by atoms with van der Waals surface area (Å²) in [6.45, 7) is 9.52. The third-order valence-corrected chi connectivity index (χ3v) is 2.09. The van der Waals surface area contributed by atoms with Crippen molar-refractivity contribution in [1.82, 2.24) is 10.2 Å². The van der Waals surface area contributed by atoms with Crippen LogP contribution in [0.2, 0.25) is 0 Å². The number of nitrogens with one attached hydrogen (secondary N) is 1. The number of rotatable bonds is 8. The van der Waals surface area contributed by atoms with Gasteiger partial charge >= 0.3 is 0 Å². The predicted molar refractivity (Wildman–Crippen MR) is 57.0 cm³/mol. The Morgan fingerprint density at radius 1 is 1.62 bits per heavy atom. The van der Waals surface area contributed by atoms with Crippen molar-refractivity contribution in [3.05, 3.63) is 12.7 Å². The third-order valence-electron chi connectivity index (χ3n) is 2.09. The van der Waals surface area contributed by atoms with Crippen molar-refractivity contribution in [2.75, 3.05) is 40.4 Å². The van der Waals surface area contributed by atoms with Gasteiger partial charge in [-0.05, 0) is 14.0 Å². The van der Waals surface area contributed by atoms with Crippen molar-refractivity contribution in [2.45, 2.75) is 13.0 Å². The molecule has 0 aliphatic rings. The first kappa shape index (κ1) is 12.6. The number of hydrogen-bond donors (Lipinski definition) is 1. The first-order chi connectivity index (χ1) is 6.22. The number of ether oxygens (including phenoxy) is 1. The van der Waals surface area contributed by atoms with Crippen LogP contribution >= 0.6 is 0 Å². The minimum absolute atomic E-state index is 0.482. The van der Waals surface area contributed by atoms with Crippen molar-refractivity contribution in [2.24, 2.45) is 0 Å². The van der Waals surface area contributed by atoms with Crippen molar-refractivity contribution >= 4 is 0 Å². The monoisotopic (exact) mass is 186 g/mol. The Hall–Kier alpha value is -0.380. The van der Waals surface area contributed by atoms with E-state index in [0.717, 1.165) is 26.2 Å². The highest BCUT2D eigenvalue weighted by Crippen LogP contribution is 1.93. The van der Waals surface area contributed by atoms with Gasteiger partial charge in [-0.1, -0.05) is 6.08 Å². The molecule has 0 bridgehead atoms. The predicted octanol–water partition coefficient (Wildman–Crippen LogP) is 0.729. The van der Waals surface area contributed by atoms with Gasteiger partial charge in [0.15, 0.2) is 0 Å². The summed E-state index contributed by atoms with van der Waals surface area (Å²) in [6.07, 6.45) is 1.87. The minimum Gasteiger partial charge on any atom is -0.383 e. The van der Waals surface area contributed by atoms with Crippen LogP contribution in [-0.4, -0.2) is 51.3 Å². The number of methoxy groups -OCH3 is 1. The highest BCUT2D eigenvalue weighted by Gasteiger charge is 2.06. The Morgan fingerprint density at radius 2 is 2.31 bits per heavy atom. The standard InChI is InChI=1S/C10H22N2O/c1-5-6-11-7-8-12(3)10(2)9-13-4/h5,10-11H,1,6-9H2,2-4H3. The van der Waals surface area contributed by atoms with E-state index >= 15 is 0 Å². The summed E-state index contributed by atoms with van der Waals surface area (Å²) in [7, 11) is 3.85. The van der Waals surface area contributed by atoms with Crippen LogP contribution < -0.4 is 5.32 Å². The molecule has 1 atom stereocenters. The Kier molecular flexibility index (Phi) is 7.99. The zero-order valence-corrected chi connectivity index (χ0v) is 9.05. The van der Waals surface area contributed by atoms with Gasteiger partial charge in [0.1, 0.15) is 0 Å². The van der Waals surface area contributed by atoms with E-state index in [1.807, 2.05) is 6.08 Å². The Labute approximate surface area is 81.8 Å². The molecule has 3 heteroatoms. The molecule has 0 aliphatic heterocycles. The van der Waals surface area contributed by atoms with E-state index in [-0.39, 0.29) is 0 Å². The second kappa shape index (κ2) is 8.23. The first-order valence-electron chi connectivity index (χ1n) is 4.73. The topological polar surface area (TPSA) is 24.5 Å². The van der Waals surface area contributed by atoms with Crippen LogP contribution in [-0.2, 0) is 4.74 Å². The lowest BCUT2D eigenvalue weighted by molar-refractivity contribution is 0.116. The highest BCUT2D eigenvalue weighted by molar-refractivity contribution is 4.70. The van der Waals surface area contributed by atoms with Gasteiger partial charge in [-0.25, -0.2) is 0 Å². The molecule has 0 amide bonds. The van der Waals surface area contributed by atoms with Crippen LogP contribution in [0.15, 0.2) is 12.7 Å². The second-order valence-corrected chi connectivity index (χ2v) is 3.28. The average Bonchev–Trinajstić information content (AvgIpc) is 2.12. The smallest absolute Gasteiger partial charge is 0.0615 e. The van der Waals surface area contributed by atoms with Crippen molar-refractivity contribution in [3.63, 3.8) is 0 Å². The second-order valence-electron chi connectivity index (χ2n) is 3.28. The Morgan fingerprint density at radius 3 is 2.85 bits per heavy atom. The fraction of sp³-hybridized carbons (Fsp3) is 0.800. The summed E-state index contributed by atoms with van der Waals surface area (Å²) in [5, 5.41) is 3.26. The van der Waals surface area contributed by atoms with Crippen molar-refractivity contribution < 1.29 is 4.74 Å². The van der Waals surface area contributed by atoms with E-state index < -0.39 is 0 Å². The Balaban J connectivity index is 3.37. The third kappa shape index (κ3) is 6.75. The summed E-state index contributed by atoms with van der Waals surface area (Å²) in [5.41, 5.74) is 0. The molecule has 0 heterocycles. The largest absolute Gasteiger partial charge is 0.383 e.